The Kier molecular flexibility index (Phi) is 4.85. The van der Waals surface area contributed by atoms with Crippen LogP contribution in [0.5, 0.6) is 0 Å². The van der Waals surface area contributed by atoms with Crippen molar-refractivity contribution < 1.29 is 9.59 Å². The largest absolute Gasteiger partial charge is 0.342 e. The van der Waals surface area contributed by atoms with Crippen molar-refractivity contribution in [2.24, 2.45) is 0 Å². The molecule has 0 N–H and O–H groups in total. The summed E-state index contributed by atoms with van der Waals surface area (Å²) in [7, 11) is 0. The van der Waals surface area contributed by atoms with Crippen molar-refractivity contribution in [3.05, 3.63) is 23.8 Å². The van der Waals surface area contributed by atoms with Gasteiger partial charge in [0.1, 0.15) is 6.33 Å². The van der Waals surface area contributed by atoms with Crippen LogP contribution in [0.4, 0.5) is 0 Å². The summed E-state index contributed by atoms with van der Waals surface area (Å²) in [5, 5.41) is 0. The second kappa shape index (κ2) is 7.04. The Morgan fingerprint density at radius 3 is 2.39 bits per heavy atom. The number of carbonyl (C=O) groups is 2. The van der Waals surface area contributed by atoms with Crippen LogP contribution in [0.1, 0.15) is 28.9 Å². The molecule has 7 nitrogen and oxygen atoms in total. The first-order valence-corrected chi connectivity index (χ1v) is 8.21. The molecule has 2 saturated heterocycles. The lowest BCUT2D eigenvalue weighted by molar-refractivity contribution is -0.131. The van der Waals surface area contributed by atoms with E-state index in [0.717, 1.165) is 39.0 Å². The second-order valence-electron chi connectivity index (χ2n) is 6.18. The molecule has 2 aliphatic rings. The summed E-state index contributed by atoms with van der Waals surface area (Å²) < 4.78 is 0. The van der Waals surface area contributed by atoms with E-state index in [1.165, 1.54) is 6.33 Å². The monoisotopic (exact) mass is 317 g/mol. The number of amides is 2. The molecule has 0 bridgehead atoms. The van der Waals surface area contributed by atoms with E-state index >= 15 is 0 Å². The Labute approximate surface area is 136 Å². The summed E-state index contributed by atoms with van der Waals surface area (Å²) in [5.41, 5.74) is 1.27. The molecule has 1 aromatic rings. The van der Waals surface area contributed by atoms with Crippen LogP contribution in [0.3, 0.4) is 0 Å². The van der Waals surface area contributed by atoms with Gasteiger partial charge in [-0.15, -0.1) is 0 Å². The van der Waals surface area contributed by atoms with Crippen molar-refractivity contribution in [1.29, 1.82) is 0 Å². The molecule has 23 heavy (non-hydrogen) atoms. The summed E-state index contributed by atoms with van der Waals surface area (Å²) in [6.45, 7) is 6.82. The molecule has 3 rings (SSSR count). The predicted octanol–water partition coefficient (Wildman–Crippen LogP) is 0.165. The van der Waals surface area contributed by atoms with Gasteiger partial charge in [-0.05, 0) is 19.8 Å². The number of rotatable bonds is 3. The van der Waals surface area contributed by atoms with E-state index in [4.69, 9.17) is 0 Å². The Hall–Kier alpha value is -2.02. The minimum atomic E-state index is -0.0198. The van der Waals surface area contributed by atoms with Gasteiger partial charge in [0, 0.05) is 45.5 Å². The van der Waals surface area contributed by atoms with Gasteiger partial charge in [0.15, 0.2) is 0 Å². The summed E-state index contributed by atoms with van der Waals surface area (Å²) in [5.74, 6) is 0.197. The van der Waals surface area contributed by atoms with Gasteiger partial charge in [0.25, 0.3) is 5.91 Å². The lowest BCUT2D eigenvalue weighted by Crippen LogP contribution is -2.51. The van der Waals surface area contributed by atoms with Crippen LogP contribution in [0.2, 0.25) is 0 Å². The molecule has 0 radical (unpaired) electrons. The summed E-state index contributed by atoms with van der Waals surface area (Å²) in [6.07, 6.45) is 5.26. The van der Waals surface area contributed by atoms with Gasteiger partial charge in [0.2, 0.25) is 5.91 Å². The molecule has 0 aromatic carbocycles. The quantitative estimate of drug-likeness (QED) is 0.794. The van der Waals surface area contributed by atoms with Crippen LogP contribution in [-0.2, 0) is 4.79 Å². The van der Waals surface area contributed by atoms with Crippen molar-refractivity contribution in [3.8, 4) is 0 Å². The minimum Gasteiger partial charge on any atom is -0.342 e. The molecule has 2 fully saturated rings. The molecule has 2 aliphatic heterocycles. The average molecular weight is 317 g/mol. The van der Waals surface area contributed by atoms with Gasteiger partial charge in [-0.25, -0.2) is 9.97 Å². The summed E-state index contributed by atoms with van der Waals surface area (Å²) >= 11 is 0. The van der Waals surface area contributed by atoms with E-state index in [1.54, 1.807) is 6.20 Å². The van der Waals surface area contributed by atoms with Gasteiger partial charge in [-0.2, -0.15) is 0 Å². The summed E-state index contributed by atoms with van der Waals surface area (Å²) in [6, 6.07) is 0. The Morgan fingerprint density at radius 1 is 1.04 bits per heavy atom. The third-order valence-corrected chi connectivity index (χ3v) is 4.62. The first-order valence-electron chi connectivity index (χ1n) is 8.21. The van der Waals surface area contributed by atoms with Crippen LogP contribution in [-0.4, -0.2) is 82.3 Å². The lowest BCUT2D eigenvalue weighted by Gasteiger charge is -2.35. The first-order chi connectivity index (χ1) is 11.1. The van der Waals surface area contributed by atoms with Crippen LogP contribution in [0.25, 0.3) is 0 Å². The lowest BCUT2D eigenvalue weighted by atomic mass is 10.2. The fourth-order valence-electron chi connectivity index (χ4n) is 3.14. The number of likely N-dealkylation sites (tertiary alicyclic amines) is 1. The maximum Gasteiger partial charge on any atom is 0.257 e. The summed E-state index contributed by atoms with van der Waals surface area (Å²) in [4.78, 5) is 38.6. The smallest absolute Gasteiger partial charge is 0.257 e. The number of hydrogen-bond donors (Lipinski definition) is 0. The predicted molar refractivity (Wildman–Crippen MR) is 84.9 cm³/mol. The standard InChI is InChI=1S/C16H23N5O2/c1-13-14(10-17-12-18-13)16(23)21-8-6-19(7-9-21)11-15(22)20-4-2-3-5-20/h10,12H,2-9,11H2,1H3. The Bertz CT molecular complexity index is 578. The minimum absolute atomic E-state index is 0.0198. The molecule has 1 aromatic heterocycles. The Balaban J connectivity index is 1.51. The molecule has 0 unspecified atom stereocenters. The topological polar surface area (TPSA) is 69.6 Å². The number of nitrogens with zero attached hydrogens (tertiary/aromatic N) is 5. The molecule has 2 amide bonds. The van der Waals surface area contributed by atoms with Crippen LogP contribution in [0.15, 0.2) is 12.5 Å². The van der Waals surface area contributed by atoms with E-state index < -0.39 is 0 Å². The molecule has 3 heterocycles. The van der Waals surface area contributed by atoms with Crippen molar-refractivity contribution in [1.82, 2.24) is 24.7 Å². The van der Waals surface area contributed by atoms with Gasteiger partial charge in [-0.3, -0.25) is 14.5 Å². The molecule has 0 atom stereocenters. The maximum atomic E-state index is 12.5. The van der Waals surface area contributed by atoms with Gasteiger partial charge in [-0.1, -0.05) is 0 Å². The van der Waals surface area contributed by atoms with Crippen molar-refractivity contribution in [3.63, 3.8) is 0 Å². The van der Waals surface area contributed by atoms with E-state index in [0.29, 0.717) is 30.9 Å². The maximum absolute atomic E-state index is 12.5. The molecular weight excluding hydrogens is 294 g/mol. The van der Waals surface area contributed by atoms with Gasteiger partial charge < -0.3 is 9.80 Å². The number of aromatic nitrogens is 2. The highest BCUT2D eigenvalue weighted by atomic mass is 16.2. The zero-order valence-electron chi connectivity index (χ0n) is 13.6. The van der Waals surface area contributed by atoms with Crippen molar-refractivity contribution in [2.75, 3.05) is 45.8 Å². The third-order valence-electron chi connectivity index (χ3n) is 4.62. The third kappa shape index (κ3) is 3.67. The number of hydrogen-bond acceptors (Lipinski definition) is 5. The zero-order chi connectivity index (χ0) is 16.2. The van der Waals surface area contributed by atoms with Crippen LogP contribution in [0, 0.1) is 6.92 Å². The van der Waals surface area contributed by atoms with Gasteiger partial charge >= 0.3 is 0 Å². The number of carbonyl (C=O) groups excluding carboxylic acids is 2. The van der Waals surface area contributed by atoms with Crippen molar-refractivity contribution >= 4 is 11.8 Å². The van der Waals surface area contributed by atoms with Crippen LogP contribution >= 0.6 is 0 Å². The SMILES string of the molecule is Cc1ncncc1C(=O)N1CCN(CC(=O)N2CCCC2)CC1. The van der Waals surface area contributed by atoms with Crippen LogP contribution < -0.4 is 0 Å². The first kappa shape index (κ1) is 15.9. The van der Waals surface area contributed by atoms with Gasteiger partial charge in [0.05, 0.1) is 17.8 Å². The molecular formula is C16H23N5O2. The Morgan fingerprint density at radius 2 is 1.74 bits per heavy atom. The highest BCUT2D eigenvalue weighted by Gasteiger charge is 2.26. The number of aryl methyl sites for hydroxylation is 1. The second-order valence-corrected chi connectivity index (χ2v) is 6.18. The zero-order valence-corrected chi connectivity index (χ0v) is 13.6. The fourth-order valence-corrected chi connectivity index (χ4v) is 3.14. The average Bonchev–Trinajstić information content (AvgIpc) is 3.10. The molecule has 124 valence electrons. The highest BCUT2D eigenvalue weighted by Crippen LogP contribution is 2.12. The van der Waals surface area contributed by atoms with E-state index in [2.05, 4.69) is 14.9 Å². The molecule has 7 heteroatoms. The normalized spacial score (nSPS) is 19.2. The van der Waals surface area contributed by atoms with E-state index in [-0.39, 0.29) is 11.8 Å². The van der Waals surface area contributed by atoms with Crippen molar-refractivity contribution in [2.45, 2.75) is 19.8 Å². The highest BCUT2D eigenvalue weighted by molar-refractivity contribution is 5.95. The van der Waals surface area contributed by atoms with E-state index in [9.17, 15) is 9.59 Å². The molecule has 0 spiro atoms. The number of piperazine rings is 1. The molecule has 0 aliphatic carbocycles. The fraction of sp³-hybridized carbons (Fsp3) is 0.625. The molecule has 0 saturated carbocycles. The van der Waals surface area contributed by atoms with E-state index in [1.807, 2.05) is 16.7 Å².